The standard InChI is InChI=1S/C27H50N2O2/c1-2-3-4-5-6-7-8-9-10-11-12-13-14-15-16-17-22-31-27(30)26(29)23-24-18-20-25(28)21-19-24/h18-20,25-26H,2-17,21-23,28-29H2,1H3. The van der Waals surface area contributed by atoms with Crippen LogP contribution in [0.3, 0.4) is 0 Å². The maximum absolute atomic E-state index is 12.0. The van der Waals surface area contributed by atoms with E-state index in [1.54, 1.807) is 0 Å². The number of unbranched alkanes of at least 4 members (excludes halogenated alkanes) is 15. The minimum Gasteiger partial charge on any atom is -0.465 e. The lowest BCUT2D eigenvalue weighted by Crippen LogP contribution is -2.33. The molecule has 0 aromatic heterocycles. The summed E-state index contributed by atoms with van der Waals surface area (Å²) >= 11 is 0. The third kappa shape index (κ3) is 16.2. The van der Waals surface area contributed by atoms with Crippen molar-refractivity contribution in [3.63, 3.8) is 0 Å². The molecule has 4 heteroatoms. The Morgan fingerprint density at radius 1 is 0.903 bits per heavy atom. The highest BCUT2D eigenvalue weighted by molar-refractivity contribution is 5.76. The van der Waals surface area contributed by atoms with Gasteiger partial charge in [0.25, 0.3) is 0 Å². The van der Waals surface area contributed by atoms with Gasteiger partial charge in [-0.2, -0.15) is 0 Å². The lowest BCUT2D eigenvalue weighted by Gasteiger charge is -2.15. The van der Waals surface area contributed by atoms with Crippen molar-refractivity contribution in [1.82, 2.24) is 0 Å². The summed E-state index contributed by atoms with van der Waals surface area (Å²) in [6, 6.07) is -0.492. The number of rotatable bonds is 20. The number of allylic oxidation sites excluding steroid dienone is 1. The predicted octanol–water partition coefficient (Wildman–Crippen LogP) is 6.72. The second-order valence-corrected chi connectivity index (χ2v) is 9.32. The summed E-state index contributed by atoms with van der Waals surface area (Å²) in [4.78, 5) is 12.0. The molecule has 0 spiro atoms. The van der Waals surface area contributed by atoms with Crippen LogP contribution in [0.4, 0.5) is 0 Å². The van der Waals surface area contributed by atoms with Gasteiger partial charge in [-0.25, -0.2) is 0 Å². The van der Waals surface area contributed by atoms with Gasteiger partial charge in [0.15, 0.2) is 0 Å². The highest BCUT2D eigenvalue weighted by Gasteiger charge is 2.17. The van der Waals surface area contributed by atoms with Crippen LogP contribution in [0.2, 0.25) is 0 Å². The highest BCUT2D eigenvalue weighted by Crippen LogP contribution is 2.15. The smallest absolute Gasteiger partial charge is 0.323 e. The van der Waals surface area contributed by atoms with Crippen molar-refractivity contribution < 1.29 is 9.53 Å². The minimum absolute atomic E-state index is 0.0850. The Labute approximate surface area is 192 Å². The fourth-order valence-corrected chi connectivity index (χ4v) is 4.10. The molecule has 31 heavy (non-hydrogen) atoms. The first-order valence-electron chi connectivity index (χ1n) is 13.2. The summed E-state index contributed by atoms with van der Waals surface area (Å²) in [5, 5.41) is 0. The lowest BCUT2D eigenvalue weighted by molar-refractivity contribution is -0.145. The van der Waals surface area contributed by atoms with Crippen molar-refractivity contribution in [2.75, 3.05) is 6.61 Å². The normalized spacial score (nSPS) is 16.9. The Morgan fingerprint density at radius 3 is 1.84 bits per heavy atom. The van der Waals surface area contributed by atoms with E-state index in [9.17, 15) is 4.79 Å². The number of hydrogen-bond donors (Lipinski definition) is 2. The second-order valence-electron chi connectivity index (χ2n) is 9.32. The second kappa shape index (κ2) is 19.5. The molecule has 0 heterocycles. The maximum Gasteiger partial charge on any atom is 0.323 e. The Morgan fingerprint density at radius 2 is 1.39 bits per heavy atom. The molecule has 1 rings (SSSR count). The number of nitrogens with two attached hydrogens (primary N) is 2. The summed E-state index contributed by atoms with van der Waals surface area (Å²) in [7, 11) is 0. The van der Waals surface area contributed by atoms with Crippen LogP contribution in [0, 0.1) is 0 Å². The summed E-state index contributed by atoms with van der Waals surface area (Å²) in [6.45, 7) is 2.77. The average Bonchev–Trinajstić information content (AvgIpc) is 2.77. The van der Waals surface area contributed by atoms with E-state index >= 15 is 0 Å². The van der Waals surface area contributed by atoms with Gasteiger partial charge in [-0.05, 0) is 19.3 Å². The molecule has 0 saturated carbocycles. The molecule has 0 amide bonds. The van der Waals surface area contributed by atoms with Crippen LogP contribution >= 0.6 is 0 Å². The molecular weight excluding hydrogens is 384 g/mol. The zero-order chi connectivity index (χ0) is 22.6. The average molecular weight is 435 g/mol. The van der Waals surface area contributed by atoms with Crippen molar-refractivity contribution in [2.45, 2.75) is 135 Å². The molecule has 4 N–H and O–H groups in total. The van der Waals surface area contributed by atoms with Gasteiger partial charge in [-0.3, -0.25) is 4.79 Å². The van der Waals surface area contributed by atoms with Crippen LogP contribution in [0.5, 0.6) is 0 Å². The zero-order valence-corrected chi connectivity index (χ0v) is 20.3. The molecule has 4 nitrogen and oxygen atoms in total. The number of hydrogen-bond acceptors (Lipinski definition) is 4. The monoisotopic (exact) mass is 434 g/mol. The molecule has 0 fully saturated rings. The molecule has 0 radical (unpaired) electrons. The zero-order valence-electron chi connectivity index (χ0n) is 20.3. The quantitative estimate of drug-likeness (QED) is 0.165. The lowest BCUT2D eigenvalue weighted by atomic mass is 9.98. The Balaban J connectivity index is 1.82. The largest absolute Gasteiger partial charge is 0.465 e. The van der Waals surface area contributed by atoms with E-state index in [1.165, 1.54) is 89.9 Å². The van der Waals surface area contributed by atoms with Crippen LogP contribution < -0.4 is 11.5 Å². The van der Waals surface area contributed by atoms with E-state index in [0.717, 1.165) is 24.8 Å². The molecule has 2 unspecified atom stereocenters. The molecule has 0 aromatic rings. The van der Waals surface area contributed by atoms with Crippen LogP contribution in [0.15, 0.2) is 23.8 Å². The van der Waals surface area contributed by atoms with Crippen molar-refractivity contribution in [3.8, 4) is 0 Å². The van der Waals surface area contributed by atoms with Crippen LogP contribution in [-0.4, -0.2) is 24.7 Å². The van der Waals surface area contributed by atoms with Crippen LogP contribution in [0.1, 0.15) is 122 Å². The highest BCUT2D eigenvalue weighted by atomic mass is 16.5. The molecule has 180 valence electrons. The first-order chi connectivity index (χ1) is 15.1. The van der Waals surface area contributed by atoms with Gasteiger partial charge in [0, 0.05) is 6.04 Å². The summed E-state index contributed by atoms with van der Waals surface area (Å²) < 4.78 is 5.35. The SMILES string of the molecule is CCCCCCCCCCCCCCCCCCOC(=O)C(N)CC1=CCC(N)C=C1. The third-order valence-corrected chi connectivity index (χ3v) is 6.21. The topological polar surface area (TPSA) is 78.3 Å². The van der Waals surface area contributed by atoms with Gasteiger partial charge in [0.1, 0.15) is 6.04 Å². The number of esters is 1. The molecule has 1 aliphatic rings. The van der Waals surface area contributed by atoms with E-state index in [0.29, 0.717) is 13.0 Å². The molecule has 0 saturated heterocycles. The van der Waals surface area contributed by atoms with Crippen LogP contribution in [0.25, 0.3) is 0 Å². The molecular formula is C27H50N2O2. The molecule has 0 aliphatic heterocycles. The van der Waals surface area contributed by atoms with E-state index in [1.807, 2.05) is 12.2 Å². The number of carbonyl (C=O) groups is 1. The van der Waals surface area contributed by atoms with E-state index in [-0.39, 0.29) is 12.0 Å². The van der Waals surface area contributed by atoms with Gasteiger partial charge in [0.2, 0.25) is 0 Å². The van der Waals surface area contributed by atoms with E-state index < -0.39 is 6.04 Å². The first kappa shape index (κ1) is 27.9. The van der Waals surface area contributed by atoms with Crippen molar-refractivity contribution in [3.05, 3.63) is 23.8 Å². The number of carbonyl (C=O) groups excluding carboxylic acids is 1. The Hall–Kier alpha value is -1.13. The number of ether oxygens (including phenoxy) is 1. The fourth-order valence-electron chi connectivity index (χ4n) is 4.10. The first-order valence-corrected chi connectivity index (χ1v) is 13.2. The van der Waals surface area contributed by atoms with E-state index in [4.69, 9.17) is 16.2 Å². The minimum atomic E-state index is -0.578. The van der Waals surface area contributed by atoms with Gasteiger partial charge in [-0.1, -0.05) is 127 Å². The van der Waals surface area contributed by atoms with Gasteiger partial charge >= 0.3 is 5.97 Å². The molecule has 0 bridgehead atoms. The summed E-state index contributed by atoms with van der Waals surface area (Å²) in [6.07, 6.45) is 28.8. The molecule has 1 aliphatic carbocycles. The Bertz CT molecular complexity index is 501. The van der Waals surface area contributed by atoms with Gasteiger partial charge in [0.05, 0.1) is 6.61 Å². The van der Waals surface area contributed by atoms with Gasteiger partial charge in [-0.15, -0.1) is 0 Å². The predicted molar refractivity (Wildman–Crippen MR) is 133 cm³/mol. The molecule has 0 aromatic carbocycles. The summed E-state index contributed by atoms with van der Waals surface area (Å²) in [5.41, 5.74) is 12.9. The Kier molecular flexibility index (Phi) is 17.6. The van der Waals surface area contributed by atoms with E-state index in [2.05, 4.69) is 13.0 Å². The maximum atomic E-state index is 12.0. The van der Waals surface area contributed by atoms with Crippen molar-refractivity contribution >= 4 is 5.97 Å². The van der Waals surface area contributed by atoms with Crippen molar-refractivity contribution in [2.24, 2.45) is 11.5 Å². The van der Waals surface area contributed by atoms with Crippen LogP contribution in [-0.2, 0) is 9.53 Å². The fraction of sp³-hybridized carbons (Fsp3) is 0.815. The molecule has 2 atom stereocenters. The summed E-state index contributed by atoms with van der Waals surface area (Å²) in [5.74, 6) is -0.287. The third-order valence-electron chi connectivity index (χ3n) is 6.21. The van der Waals surface area contributed by atoms with Gasteiger partial charge < -0.3 is 16.2 Å². The van der Waals surface area contributed by atoms with Crippen molar-refractivity contribution in [1.29, 1.82) is 0 Å².